The highest BCUT2D eigenvalue weighted by molar-refractivity contribution is 5.70. The minimum atomic E-state index is 0.147. The third kappa shape index (κ3) is 3.29. The van der Waals surface area contributed by atoms with Crippen molar-refractivity contribution in [3.8, 4) is 22.8 Å². The Hall–Kier alpha value is -2.03. The molecule has 0 saturated carbocycles. The number of hydrogen-bond acceptors (Lipinski definition) is 3. The summed E-state index contributed by atoms with van der Waals surface area (Å²) >= 11 is 0. The Balaban J connectivity index is 2.43. The highest BCUT2D eigenvalue weighted by atomic mass is 16.5. The van der Waals surface area contributed by atoms with Gasteiger partial charge in [-0.1, -0.05) is 12.1 Å². The fourth-order valence-electron chi connectivity index (χ4n) is 2.09. The van der Waals surface area contributed by atoms with E-state index in [4.69, 9.17) is 9.47 Å². The minimum Gasteiger partial charge on any atom is -0.493 e. The molecule has 0 aliphatic carbocycles. The molecule has 0 aliphatic heterocycles. The van der Waals surface area contributed by atoms with Crippen molar-refractivity contribution in [3.05, 3.63) is 42.1 Å². The summed E-state index contributed by atoms with van der Waals surface area (Å²) in [6, 6.07) is 9.92. The Morgan fingerprint density at radius 3 is 2.70 bits per heavy atom. The lowest BCUT2D eigenvalue weighted by Crippen LogP contribution is -2.05. The zero-order valence-corrected chi connectivity index (χ0v) is 12.5. The first-order valence-electron chi connectivity index (χ1n) is 6.97. The second-order valence-electron chi connectivity index (χ2n) is 4.93. The summed E-state index contributed by atoms with van der Waals surface area (Å²) < 4.78 is 11.5. The van der Waals surface area contributed by atoms with Gasteiger partial charge in [0, 0.05) is 17.8 Å². The maximum absolute atomic E-state index is 5.76. The fraction of sp³-hybridized carbons (Fsp3) is 0.353. The van der Waals surface area contributed by atoms with Crippen LogP contribution in [0.1, 0.15) is 26.3 Å². The average molecular weight is 271 g/mol. The summed E-state index contributed by atoms with van der Waals surface area (Å²) in [5.74, 6) is 1.72. The van der Waals surface area contributed by atoms with E-state index in [9.17, 15) is 0 Å². The first kappa shape index (κ1) is 14.4. The predicted octanol–water partition coefficient (Wildman–Crippen LogP) is 4.24. The number of aromatic nitrogens is 1. The third-order valence-corrected chi connectivity index (χ3v) is 2.88. The molecule has 0 fully saturated rings. The summed E-state index contributed by atoms with van der Waals surface area (Å²) in [7, 11) is 0. The molecule has 2 rings (SSSR count). The lowest BCUT2D eigenvalue weighted by Gasteiger charge is -2.14. The van der Waals surface area contributed by atoms with Gasteiger partial charge in [-0.3, -0.25) is 4.98 Å². The van der Waals surface area contributed by atoms with Gasteiger partial charge in [-0.15, -0.1) is 0 Å². The van der Waals surface area contributed by atoms with Crippen molar-refractivity contribution in [2.75, 3.05) is 6.61 Å². The van der Waals surface area contributed by atoms with Crippen LogP contribution >= 0.6 is 0 Å². The Labute approximate surface area is 120 Å². The molecule has 0 N–H and O–H groups in total. The number of hydrogen-bond donors (Lipinski definition) is 0. The molecular formula is C17H21NO2. The quantitative estimate of drug-likeness (QED) is 0.815. The van der Waals surface area contributed by atoms with Crippen LogP contribution in [0.2, 0.25) is 0 Å². The summed E-state index contributed by atoms with van der Waals surface area (Å²) in [5, 5.41) is 0. The lowest BCUT2D eigenvalue weighted by atomic mass is 10.1. The molecule has 3 nitrogen and oxygen atoms in total. The molecule has 0 aliphatic rings. The van der Waals surface area contributed by atoms with Crippen LogP contribution in [0.15, 0.2) is 36.5 Å². The molecule has 0 saturated heterocycles. The van der Waals surface area contributed by atoms with E-state index in [2.05, 4.69) is 4.98 Å². The topological polar surface area (TPSA) is 31.4 Å². The van der Waals surface area contributed by atoms with Gasteiger partial charge in [0.05, 0.1) is 18.4 Å². The fourth-order valence-corrected chi connectivity index (χ4v) is 2.09. The Bertz CT molecular complexity index is 579. The van der Waals surface area contributed by atoms with Gasteiger partial charge in [-0.05, 0) is 45.4 Å². The van der Waals surface area contributed by atoms with Crippen LogP contribution in [-0.4, -0.2) is 17.7 Å². The lowest BCUT2D eigenvalue weighted by molar-refractivity contribution is 0.242. The van der Waals surface area contributed by atoms with E-state index >= 15 is 0 Å². The molecule has 106 valence electrons. The minimum absolute atomic E-state index is 0.147. The van der Waals surface area contributed by atoms with Crippen molar-refractivity contribution in [3.63, 3.8) is 0 Å². The molecule has 0 radical (unpaired) electrons. The van der Waals surface area contributed by atoms with Crippen molar-refractivity contribution < 1.29 is 9.47 Å². The van der Waals surface area contributed by atoms with E-state index in [1.807, 2.05) is 58.0 Å². The number of aryl methyl sites for hydroxylation is 1. The van der Waals surface area contributed by atoms with E-state index < -0.39 is 0 Å². The van der Waals surface area contributed by atoms with Gasteiger partial charge in [0.15, 0.2) is 0 Å². The van der Waals surface area contributed by atoms with Gasteiger partial charge in [0.2, 0.25) is 0 Å². The molecule has 2 aromatic rings. The Morgan fingerprint density at radius 2 is 2.00 bits per heavy atom. The van der Waals surface area contributed by atoms with Crippen LogP contribution in [0, 0.1) is 6.92 Å². The predicted molar refractivity (Wildman–Crippen MR) is 81.3 cm³/mol. The van der Waals surface area contributed by atoms with E-state index in [1.165, 1.54) is 0 Å². The number of para-hydroxylation sites is 1. The molecule has 1 aromatic heterocycles. The van der Waals surface area contributed by atoms with E-state index in [0.29, 0.717) is 6.61 Å². The highest BCUT2D eigenvalue weighted by Crippen LogP contribution is 2.33. The number of nitrogens with zero attached hydrogens (tertiary/aromatic N) is 1. The number of ether oxygens (including phenoxy) is 2. The van der Waals surface area contributed by atoms with Gasteiger partial charge >= 0.3 is 0 Å². The summed E-state index contributed by atoms with van der Waals surface area (Å²) in [4.78, 5) is 4.44. The first-order chi connectivity index (χ1) is 9.61. The molecule has 0 atom stereocenters. The van der Waals surface area contributed by atoms with E-state index in [0.717, 1.165) is 28.3 Å². The third-order valence-electron chi connectivity index (χ3n) is 2.88. The molecule has 3 heteroatoms. The van der Waals surface area contributed by atoms with Gasteiger partial charge in [0.25, 0.3) is 0 Å². The van der Waals surface area contributed by atoms with Crippen LogP contribution in [-0.2, 0) is 0 Å². The first-order valence-corrected chi connectivity index (χ1v) is 6.97. The second kappa shape index (κ2) is 6.42. The molecule has 0 bridgehead atoms. The van der Waals surface area contributed by atoms with Crippen LogP contribution in [0.5, 0.6) is 11.5 Å². The smallest absolute Gasteiger partial charge is 0.131 e. The van der Waals surface area contributed by atoms with Gasteiger partial charge in [-0.25, -0.2) is 0 Å². The summed E-state index contributed by atoms with van der Waals surface area (Å²) in [6.45, 7) is 8.70. The SMILES string of the molecule is CCOc1c(C)cccc1-c1cc(OC(C)C)ccn1. The Kier molecular flexibility index (Phi) is 4.61. The van der Waals surface area contributed by atoms with Crippen LogP contribution in [0.3, 0.4) is 0 Å². The van der Waals surface area contributed by atoms with Crippen LogP contribution in [0.25, 0.3) is 11.3 Å². The monoisotopic (exact) mass is 271 g/mol. The Morgan fingerprint density at radius 1 is 1.20 bits per heavy atom. The van der Waals surface area contributed by atoms with E-state index in [1.54, 1.807) is 6.20 Å². The average Bonchev–Trinajstić information content (AvgIpc) is 2.41. The van der Waals surface area contributed by atoms with E-state index in [-0.39, 0.29) is 6.10 Å². The molecule has 0 amide bonds. The maximum Gasteiger partial charge on any atom is 0.131 e. The number of rotatable bonds is 5. The zero-order chi connectivity index (χ0) is 14.5. The van der Waals surface area contributed by atoms with Gasteiger partial charge in [-0.2, -0.15) is 0 Å². The second-order valence-corrected chi connectivity index (χ2v) is 4.93. The standard InChI is InChI=1S/C17H21NO2/c1-5-19-17-13(4)7-6-8-15(17)16-11-14(9-10-18-16)20-12(2)3/h6-12H,5H2,1-4H3. The number of pyridine rings is 1. The van der Waals surface area contributed by atoms with Gasteiger partial charge in [0.1, 0.15) is 11.5 Å². The molecule has 0 unspecified atom stereocenters. The van der Waals surface area contributed by atoms with Crippen molar-refractivity contribution >= 4 is 0 Å². The molecule has 0 spiro atoms. The van der Waals surface area contributed by atoms with Crippen molar-refractivity contribution in [1.29, 1.82) is 0 Å². The molecular weight excluding hydrogens is 250 g/mol. The van der Waals surface area contributed by atoms with Crippen molar-refractivity contribution in [2.24, 2.45) is 0 Å². The number of benzene rings is 1. The normalized spacial score (nSPS) is 10.7. The highest BCUT2D eigenvalue weighted by Gasteiger charge is 2.11. The molecule has 1 aromatic carbocycles. The largest absolute Gasteiger partial charge is 0.493 e. The molecule has 20 heavy (non-hydrogen) atoms. The maximum atomic E-state index is 5.76. The van der Waals surface area contributed by atoms with Crippen LogP contribution < -0.4 is 9.47 Å². The summed E-state index contributed by atoms with van der Waals surface area (Å²) in [6.07, 6.45) is 1.92. The summed E-state index contributed by atoms with van der Waals surface area (Å²) in [5.41, 5.74) is 2.98. The van der Waals surface area contributed by atoms with Crippen molar-refractivity contribution in [2.45, 2.75) is 33.8 Å². The van der Waals surface area contributed by atoms with Gasteiger partial charge < -0.3 is 9.47 Å². The van der Waals surface area contributed by atoms with Crippen LogP contribution in [0.4, 0.5) is 0 Å². The zero-order valence-electron chi connectivity index (χ0n) is 12.5. The van der Waals surface area contributed by atoms with Crippen molar-refractivity contribution in [1.82, 2.24) is 4.98 Å². The molecule has 1 heterocycles.